The van der Waals surface area contributed by atoms with Crippen molar-refractivity contribution in [2.45, 2.75) is 40.0 Å². The molecule has 1 aliphatic heterocycles. The van der Waals surface area contributed by atoms with Crippen molar-refractivity contribution in [2.24, 2.45) is 5.41 Å². The molecule has 1 fully saturated rings. The van der Waals surface area contributed by atoms with Gasteiger partial charge >= 0.3 is 0 Å². The Morgan fingerprint density at radius 2 is 1.54 bits per heavy atom. The van der Waals surface area contributed by atoms with E-state index in [9.17, 15) is 9.59 Å². The van der Waals surface area contributed by atoms with Crippen LogP contribution >= 0.6 is 0 Å². The molecule has 5 nitrogen and oxygen atoms in total. The molecule has 2 amide bonds. The number of hydrogen-bond acceptors (Lipinski definition) is 3. The van der Waals surface area contributed by atoms with E-state index >= 15 is 0 Å². The van der Waals surface area contributed by atoms with E-state index in [2.05, 4.69) is 26.1 Å². The number of carbonyl (C=O) groups is 2. The molecule has 1 aliphatic rings. The zero-order chi connectivity index (χ0) is 18.0. The van der Waals surface area contributed by atoms with Crippen molar-refractivity contribution in [2.75, 3.05) is 31.6 Å². The molecule has 24 heavy (non-hydrogen) atoms. The molecule has 1 aromatic carbocycles. The van der Waals surface area contributed by atoms with E-state index in [0.717, 1.165) is 0 Å². The van der Waals surface area contributed by atoms with Crippen molar-refractivity contribution < 1.29 is 14.3 Å². The molecule has 0 radical (unpaired) electrons. The molecule has 0 bridgehead atoms. The standard InChI is InChI=1S/C19H28N2O3/c1-18(2,3)14-6-8-15(9-7-14)20-16(22)19(4,5)17(23)21-10-12-24-13-11-21/h6-9H,10-13H2,1-5H3,(H,20,22). The summed E-state index contributed by atoms with van der Waals surface area (Å²) in [5.74, 6) is -0.447. The van der Waals surface area contributed by atoms with Crippen LogP contribution in [-0.4, -0.2) is 43.0 Å². The first-order valence-electron chi connectivity index (χ1n) is 8.41. The van der Waals surface area contributed by atoms with Gasteiger partial charge in [0.2, 0.25) is 11.8 Å². The van der Waals surface area contributed by atoms with Gasteiger partial charge in [-0.05, 0) is 37.0 Å². The minimum atomic E-state index is -1.11. The number of rotatable bonds is 3. The molecule has 1 heterocycles. The quantitative estimate of drug-likeness (QED) is 0.866. The van der Waals surface area contributed by atoms with Crippen molar-refractivity contribution in [3.63, 3.8) is 0 Å². The molecule has 5 heteroatoms. The van der Waals surface area contributed by atoms with E-state index in [1.807, 2.05) is 24.3 Å². The number of nitrogens with one attached hydrogen (secondary N) is 1. The van der Waals surface area contributed by atoms with Crippen LogP contribution in [0.5, 0.6) is 0 Å². The Kier molecular flexibility index (Phi) is 5.33. The second-order valence-corrected chi connectivity index (χ2v) is 7.81. The Morgan fingerprint density at radius 1 is 1.00 bits per heavy atom. The summed E-state index contributed by atoms with van der Waals surface area (Å²) in [6.45, 7) is 11.9. The summed E-state index contributed by atoms with van der Waals surface area (Å²) in [6, 6.07) is 7.78. The number of benzene rings is 1. The SMILES string of the molecule is CC(C)(C(=O)Nc1ccc(C(C)(C)C)cc1)C(=O)N1CCOCC1. The maximum Gasteiger partial charge on any atom is 0.239 e. The van der Waals surface area contributed by atoms with Crippen molar-refractivity contribution in [1.29, 1.82) is 0 Å². The van der Waals surface area contributed by atoms with Gasteiger partial charge in [-0.2, -0.15) is 0 Å². The van der Waals surface area contributed by atoms with Crippen LogP contribution in [0.15, 0.2) is 24.3 Å². The molecule has 0 aliphatic carbocycles. The first-order chi connectivity index (χ1) is 11.1. The first-order valence-corrected chi connectivity index (χ1v) is 8.41. The normalized spacial score (nSPS) is 16.0. The molecule has 0 unspecified atom stereocenters. The average Bonchev–Trinajstić information content (AvgIpc) is 2.54. The Hall–Kier alpha value is -1.88. The summed E-state index contributed by atoms with van der Waals surface area (Å²) in [6.07, 6.45) is 0. The molecular formula is C19H28N2O3. The van der Waals surface area contributed by atoms with E-state index in [-0.39, 0.29) is 17.2 Å². The number of anilines is 1. The third-order valence-electron chi connectivity index (χ3n) is 4.41. The van der Waals surface area contributed by atoms with Crippen LogP contribution in [0.3, 0.4) is 0 Å². The van der Waals surface area contributed by atoms with Gasteiger partial charge < -0.3 is 15.0 Å². The van der Waals surface area contributed by atoms with Crippen LogP contribution in [0.1, 0.15) is 40.2 Å². The zero-order valence-electron chi connectivity index (χ0n) is 15.3. The predicted molar refractivity (Wildman–Crippen MR) is 95.0 cm³/mol. The van der Waals surface area contributed by atoms with Crippen molar-refractivity contribution in [3.05, 3.63) is 29.8 Å². The van der Waals surface area contributed by atoms with Crippen molar-refractivity contribution in [3.8, 4) is 0 Å². The molecule has 0 atom stereocenters. The van der Waals surface area contributed by atoms with Gasteiger partial charge in [-0.15, -0.1) is 0 Å². The minimum absolute atomic E-state index is 0.0636. The predicted octanol–water partition coefficient (Wildman–Crippen LogP) is 2.81. The van der Waals surface area contributed by atoms with Crippen molar-refractivity contribution >= 4 is 17.5 Å². The number of carbonyl (C=O) groups excluding carboxylic acids is 2. The molecule has 0 saturated carbocycles. The van der Waals surface area contributed by atoms with Gasteiger partial charge in [-0.1, -0.05) is 32.9 Å². The highest BCUT2D eigenvalue weighted by molar-refractivity contribution is 6.09. The van der Waals surface area contributed by atoms with Gasteiger partial charge in [0.05, 0.1) is 13.2 Å². The lowest BCUT2D eigenvalue weighted by atomic mass is 9.87. The monoisotopic (exact) mass is 332 g/mol. The largest absolute Gasteiger partial charge is 0.378 e. The lowest BCUT2D eigenvalue weighted by molar-refractivity contribution is -0.149. The number of hydrogen-bond donors (Lipinski definition) is 1. The molecular weight excluding hydrogens is 304 g/mol. The van der Waals surface area contributed by atoms with Gasteiger partial charge in [0.15, 0.2) is 0 Å². The lowest BCUT2D eigenvalue weighted by Crippen LogP contribution is -2.51. The van der Waals surface area contributed by atoms with Gasteiger partial charge in [0, 0.05) is 18.8 Å². The highest BCUT2D eigenvalue weighted by atomic mass is 16.5. The Bertz CT molecular complexity index is 594. The summed E-state index contributed by atoms with van der Waals surface area (Å²) in [4.78, 5) is 27.0. The summed E-state index contributed by atoms with van der Waals surface area (Å²) in [7, 11) is 0. The van der Waals surface area contributed by atoms with Crippen molar-refractivity contribution in [1.82, 2.24) is 4.90 Å². The van der Waals surface area contributed by atoms with Gasteiger partial charge in [-0.25, -0.2) is 0 Å². The van der Waals surface area contributed by atoms with Crippen LogP contribution in [0.25, 0.3) is 0 Å². The molecule has 132 valence electrons. The fourth-order valence-electron chi connectivity index (χ4n) is 2.60. The number of amides is 2. The Balaban J connectivity index is 2.05. The van der Waals surface area contributed by atoms with E-state index in [1.165, 1.54) is 5.56 Å². The third-order valence-corrected chi connectivity index (χ3v) is 4.41. The number of ether oxygens (including phenoxy) is 1. The molecule has 1 N–H and O–H groups in total. The summed E-state index contributed by atoms with van der Waals surface area (Å²) in [5, 5.41) is 2.86. The minimum Gasteiger partial charge on any atom is -0.378 e. The van der Waals surface area contributed by atoms with E-state index in [1.54, 1.807) is 18.7 Å². The van der Waals surface area contributed by atoms with Crippen LogP contribution in [-0.2, 0) is 19.7 Å². The zero-order valence-corrected chi connectivity index (χ0v) is 15.3. The van der Waals surface area contributed by atoms with Crippen LogP contribution in [0.4, 0.5) is 5.69 Å². The topological polar surface area (TPSA) is 58.6 Å². The highest BCUT2D eigenvalue weighted by Gasteiger charge is 2.39. The lowest BCUT2D eigenvalue weighted by Gasteiger charge is -2.33. The van der Waals surface area contributed by atoms with Crippen LogP contribution < -0.4 is 5.32 Å². The second kappa shape index (κ2) is 6.93. The van der Waals surface area contributed by atoms with Gasteiger partial charge in [-0.3, -0.25) is 9.59 Å². The Morgan fingerprint density at radius 3 is 2.04 bits per heavy atom. The summed E-state index contributed by atoms with van der Waals surface area (Å²) < 4.78 is 5.26. The molecule has 1 saturated heterocycles. The number of morpholine rings is 1. The maximum absolute atomic E-state index is 12.6. The second-order valence-electron chi connectivity index (χ2n) is 7.81. The molecule has 2 rings (SSSR count). The maximum atomic E-state index is 12.6. The van der Waals surface area contributed by atoms with E-state index in [4.69, 9.17) is 4.74 Å². The summed E-state index contributed by atoms with van der Waals surface area (Å²) in [5.41, 5.74) is 0.855. The van der Waals surface area contributed by atoms with E-state index in [0.29, 0.717) is 32.0 Å². The molecule has 1 aromatic rings. The first kappa shape index (κ1) is 18.5. The smallest absolute Gasteiger partial charge is 0.239 e. The molecule has 0 spiro atoms. The van der Waals surface area contributed by atoms with E-state index < -0.39 is 5.41 Å². The Labute approximate surface area is 144 Å². The van der Waals surface area contributed by atoms with Gasteiger partial charge in [0.1, 0.15) is 5.41 Å². The molecule has 0 aromatic heterocycles. The van der Waals surface area contributed by atoms with Crippen LogP contribution in [0, 0.1) is 5.41 Å². The van der Waals surface area contributed by atoms with Crippen LogP contribution in [0.2, 0.25) is 0 Å². The number of nitrogens with zero attached hydrogens (tertiary/aromatic N) is 1. The van der Waals surface area contributed by atoms with Gasteiger partial charge in [0.25, 0.3) is 0 Å². The fourth-order valence-corrected chi connectivity index (χ4v) is 2.60. The third kappa shape index (κ3) is 4.15. The fraction of sp³-hybridized carbons (Fsp3) is 0.579. The average molecular weight is 332 g/mol. The highest BCUT2D eigenvalue weighted by Crippen LogP contribution is 2.26. The summed E-state index contributed by atoms with van der Waals surface area (Å²) >= 11 is 0.